The fourth-order valence-electron chi connectivity index (χ4n) is 1.27. The molecule has 14 heavy (non-hydrogen) atoms. The molecule has 1 atom stereocenters. The third-order valence-corrected chi connectivity index (χ3v) is 2.30. The highest BCUT2D eigenvalue weighted by Crippen LogP contribution is 2.06. The number of carbonyl (C=O) groups is 2. The van der Waals surface area contributed by atoms with E-state index in [1.165, 1.54) is 0 Å². The van der Waals surface area contributed by atoms with E-state index in [4.69, 9.17) is 5.73 Å². The Morgan fingerprint density at radius 2 is 1.86 bits per heavy atom. The Kier molecular flexibility index (Phi) is 6.37. The summed E-state index contributed by atoms with van der Waals surface area (Å²) in [5.41, 5.74) is 5.68. The molecule has 0 heterocycles. The number of hydrogen-bond acceptors (Lipinski definition) is 3. The Hall–Kier alpha value is -0.700. The van der Waals surface area contributed by atoms with Gasteiger partial charge in [0.2, 0.25) is 0 Å². The third kappa shape index (κ3) is 5.12. The van der Waals surface area contributed by atoms with Gasteiger partial charge in [-0.3, -0.25) is 9.59 Å². The molecule has 0 rings (SSSR count). The van der Waals surface area contributed by atoms with E-state index in [0.717, 1.165) is 6.42 Å². The first-order valence-corrected chi connectivity index (χ1v) is 5.30. The van der Waals surface area contributed by atoms with Gasteiger partial charge >= 0.3 is 0 Å². The minimum atomic E-state index is -0.389. The summed E-state index contributed by atoms with van der Waals surface area (Å²) in [5.74, 6) is 0.329. The van der Waals surface area contributed by atoms with Crippen LogP contribution in [0.5, 0.6) is 0 Å². The van der Waals surface area contributed by atoms with E-state index in [0.29, 0.717) is 19.3 Å². The predicted octanol–water partition coefficient (Wildman–Crippen LogP) is 1.69. The first-order chi connectivity index (χ1) is 6.49. The second-order valence-electron chi connectivity index (χ2n) is 3.95. The number of rotatable bonds is 7. The van der Waals surface area contributed by atoms with E-state index >= 15 is 0 Å². The molecule has 3 nitrogen and oxygen atoms in total. The summed E-state index contributed by atoms with van der Waals surface area (Å²) in [6.45, 7) is 5.54. The molecule has 82 valence electrons. The minimum Gasteiger partial charge on any atom is -0.321 e. The van der Waals surface area contributed by atoms with Crippen LogP contribution in [0.2, 0.25) is 0 Å². The van der Waals surface area contributed by atoms with Gasteiger partial charge in [0.15, 0.2) is 5.78 Å². The molecule has 0 saturated carbocycles. The van der Waals surface area contributed by atoms with Crippen LogP contribution in [0.1, 0.15) is 46.5 Å². The molecular formula is C11H21NO2. The summed E-state index contributed by atoms with van der Waals surface area (Å²) in [6, 6.07) is -0.389. The zero-order chi connectivity index (χ0) is 11.1. The molecule has 2 N–H and O–H groups in total. The first kappa shape index (κ1) is 13.3. The van der Waals surface area contributed by atoms with Crippen LogP contribution in [0.15, 0.2) is 0 Å². The van der Waals surface area contributed by atoms with Gasteiger partial charge in [-0.2, -0.15) is 0 Å². The average molecular weight is 199 g/mol. The molecular weight excluding hydrogens is 178 g/mol. The summed E-state index contributed by atoms with van der Waals surface area (Å²) in [4.78, 5) is 22.3. The SMILES string of the molecule is CCC(=O)CCC[C@H](N)C(=O)C(C)C. The van der Waals surface area contributed by atoms with Crippen molar-refractivity contribution in [3.8, 4) is 0 Å². The zero-order valence-electron chi connectivity index (χ0n) is 9.38. The lowest BCUT2D eigenvalue weighted by Gasteiger charge is -2.12. The van der Waals surface area contributed by atoms with Crippen molar-refractivity contribution in [3.05, 3.63) is 0 Å². The third-order valence-electron chi connectivity index (χ3n) is 2.30. The van der Waals surface area contributed by atoms with Crippen LogP contribution in [-0.4, -0.2) is 17.6 Å². The molecule has 0 unspecified atom stereocenters. The van der Waals surface area contributed by atoms with Gasteiger partial charge in [0, 0.05) is 18.8 Å². The van der Waals surface area contributed by atoms with Crippen molar-refractivity contribution in [2.45, 2.75) is 52.5 Å². The maximum atomic E-state index is 11.4. The number of ketones is 2. The van der Waals surface area contributed by atoms with Gasteiger partial charge in [-0.15, -0.1) is 0 Å². The standard InChI is InChI=1S/C11H21NO2/c1-4-9(13)6-5-7-10(12)11(14)8(2)3/h8,10H,4-7,12H2,1-3H3/t10-/m0/s1. The lowest BCUT2D eigenvalue weighted by molar-refractivity contribution is -0.124. The molecule has 0 fully saturated rings. The molecule has 0 radical (unpaired) electrons. The molecule has 0 aliphatic heterocycles. The highest BCUT2D eigenvalue weighted by atomic mass is 16.1. The van der Waals surface area contributed by atoms with Crippen molar-refractivity contribution >= 4 is 11.6 Å². The van der Waals surface area contributed by atoms with Gasteiger partial charge in [-0.1, -0.05) is 20.8 Å². The summed E-state index contributed by atoms with van der Waals surface area (Å²) in [5, 5.41) is 0. The van der Waals surface area contributed by atoms with Crippen molar-refractivity contribution in [1.29, 1.82) is 0 Å². The maximum Gasteiger partial charge on any atom is 0.152 e. The van der Waals surface area contributed by atoms with Crippen LogP contribution in [-0.2, 0) is 9.59 Å². The Balaban J connectivity index is 3.69. The largest absolute Gasteiger partial charge is 0.321 e. The second kappa shape index (κ2) is 6.71. The van der Waals surface area contributed by atoms with Gasteiger partial charge < -0.3 is 5.73 Å². The molecule has 0 aromatic carbocycles. The molecule has 0 aromatic heterocycles. The Morgan fingerprint density at radius 1 is 1.29 bits per heavy atom. The van der Waals surface area contributed by atoms with Gasteiger partial charge in [0.1, 0.15) is 5.78 Å². The van der Waals surface area contributed by atoms with E-state index < -0.39 is 0 Å². The Morgan fingerprint density at radius 3 is 2.29 bits per heavy atom. The van der Waals surface area contributed by atoms with Crippen molar-refractivity contribution in [3.63, 3.8) is 0 Å². The summed E-state index contributed by atoms with van der Waals surface area (Å²) < 4.78 is 0. The number of carbonyl (C=O) groups excluding carboxylic acids is 2. The fourth-order valence-corrected chi connectivity index (χ4v) is 1.27. The smallest absolute Gasteiger partial charge is 0.152 e. The van der Waals surface area contributed by atoms with Crippen LogP contribution >= 0.6 is 0 Å². The van der Waals surface area contributed by atoms with Crippen LogP contribution < -0.4 is 5.73 Å². The van der Waals surface area contributed by atoms with Crippen LogP contribution in [0.3, 0.4) is 0 Å². The summed E-state index contributed by atoms with van der Waals surface area (Å²) >= 11 is 0. The molecule has 0 spiro atoms. The topological polar surface area (TPSA) is 60.2 Å². The average Bonchev–Trinajstić information content (AvgIpc) is 2.15. The van der Waals surface area contributed by atoms with E-state index in [-0.39, 0.29) is 23.5 Å². The van der Waals surface area contributed by atoms with Gasteiger partial charge in [-0.25, -0.2) is 0 Å². The second-order valence-corrected chi connectivity index (χ2v) is 3.95. The van der Waals surface area contributed by atoms with Gasteiger partial charge in [-0.05, 0) is 12.8 Å². The highest BCUT2D eigenvalue weighted by Gasteiger charge is 2.16. The van der Waals surface area contributed by atoms with Crippen LogP contribution in [0.25, 0.3) is 0 Å². The minimum absolute atomic E-state index is 0.00752. The number of nitrogens with two attached hydrogens (primary N) is 1. The number of Topliss-reactive ketones (excluding diaryl/α,β-unsaturated/α-hetero) is 2. The zero-order valence-corrected chi connectivity index (χ0v) is 9.38. The molecule has 0 amide bonds. The molecule has 0 aliphatic rings. The molecule has 0 saturated heterocycles. The van der Waals surface area contributed by atoms with E-state index in [9.17, 15) is 9.59 Å². The van der Waals surface area contributed by atoms with Gasteiger partial charge in [0.25, 0.3) is 0 Å². The molecule has 0 aromatic rings. The molecule has 0 aliphatic carbocycles. The fraction of sp³-hybridized carbons (Fsp3) is 0.818. The lowest BCUT2D eigenvalue weighted by Crippen LogP contribution is -2.33. The highest BCUT2D eigenvalue weighted by molar-refractivity contribution is 5.85. The number of hydrogen-bond donors (Lipinski definition) is 1. The van der Waals surface area contributed by atoms with Crippen molar-refractivity contribution in [2.24, 2.45) is 11.7 Å². The summed E-state index contributed by atoms with van der Waals surface area (Å²) in [6.07, 6.45) is 2.48. The molecule has 3 heteroatoms. The summed E-state index contributed by atoms with van der Waals surface area (Å²) in [7, 11) is 0. The normalized spacial score (nSPS) is 12.9. The van der Waals surface area contributed by atoms with Crippen LogP contribution in [0.4, 0.5) is 0 Å². The quantitative estimate of drug-likeness (QED) is 0.678. The van der Waals surface area contributed by atoms with E-state index in [2.05, 4.69) is 0 Å². The van der Waals surface area contributed by atoms with E-state index in [1.807, 2.05) is 20.8 Å². The van der Waals surface area contributed by atoms with Crippen molar-refractivity contribution in [1.82, 2.24) is 0 Å². The van der Waals surface area contributed by atoms with Crippen molar-refractivity contribution < 1.29 is 9.59 Å². The first-order valence-electron chi connectivity index (χ1n) is 5.30. The van der Waals surface area contributed by atoms with Gasteiger partial charge in [0.05, 0.1) is 6.04 Å². The van der Waals surface area contributed by atoms with Crippen molar-refractivity contribution in [2.75, 3.05) is 0 Å². The lowest BCUT2D eigenvalue weighted by atomic mass is 9.97. The maximum absolute atomic E-state index is 11.4. The van der Waals surface area contributed by atoms with E-state index in [1.54, 1.807) is 0 Å². The Bertz CT molecular complexity index is 199. The van der Waals surface area contributed by atoms with Crippen LogP contribution in [0, 0.1) is 5.92 Å². The molecule has 0 bridgehead atoms. The Labute approximate surface area is 86.1 Å². The monoisotopic (exact) mass is 199 g/mol. The predicted molar refractivity (Wildman–Crippen MR) is 57.0 cm³/mol.